The largest absolute Gasteiger partial charge is 0.330 e. The van der Waals surface area contributed by atoms with E-state index in [4.69, 9.17) is 5.73 Å². The molecule has 0 aromatic carbocycles. The summed E-state index contributed by atoms with van der Waals surface area (Å²) in [4.78, 5) is 0. The summed E-state index contributed by atoms with van der Waals surface area (Å²) in [5.74, 6) is 0.578. The van der Waals surface area contributed by atoms with Crippen LogP contribution in [-0.2, 0) is 13.5 Å². The molecule has 0 spiro atoms. The highest BCUT2D eigenvalue weighted by Gasteiger charge is 2.27. The summed E-state index contributed by atoms with van der Waals surface area (Å²) in [6, 6.07) is 2.07. The summed E-state index contributed by atoms with van der Waals surface area (Å²) in [5.41, 5.74) is 7.12. The van der Waals surface area contributed by atoms with Gasteiger partial charge in [-0.2, -0.15) is 5.10 Å². The minimum Gasteiger partial charge on any atom is -0.330 e. The summed E-state index contributed by atoms with van der Waals surface area (Å²) in [6.45, 7) is 7.37. The fraction of sp³-hybridized carbons (Fsp3) is 0.727. The van der Waals surface area contributed by atoms with Crippen molar-refractivity contribution in [2.45, 2.75) is 27.2 Å². The maximum absolute atomic E-state index is 5.83. The fourth-order valence-electron chi connectivity index (χ4n) is 1.48. The van der Waals surface area contributed by atoms with Crippen LogP contribution in [0.5, 0.6) is 0 Å². The zero-order valence-corrected chi connectivity index (χ0v) is 9.62. The molecule has 0 bridgehead atoms. The number of aryl methyl sites for hydroxylation is 1. The van der Waals surface area contributed by atoms with E-state index in [1.807, 2.05) is 17.9 Å². The Balaban J connectivity index is 2.75. The van der Waals surface area contributed by atoms with Gasteiger partial charge in [0.2, 0.25) is 0 Å². The molecule has 0 radical (unpaired) electrons. The molecule has 0 fully saturated rings. The predicted octanol–water partition coefficient (Wildman–Crippen LogP) is 1.58. The van der Waals surface area contributed by atoms with Crippen LogP contribution in [0.1, 0.15) is 26.5 Å². The van der Waals surface area contributed by atoms with Crippen molar-refractivity contribution in [2.24, 2.45) is 24.1 Å². The summed E-state index contributed by atoms with van der Waals surface area (Å²) in [7, 11) is 1.94. The Morgan fingerprint density at radius 3 is 2.57 bits per heavy atom. The highest BCUT2D eigenvalue weighted by atomic mass is 15.2. The Morgan fingerprint density at radius 2 is 2.21 bits per heavy atom. The molecule has 1 aromatic rings. The second kappa shape index (κ2) is 4.13. The van der Waals surface area contributed by atoms with Crippen molar-refractivity contribution in [1.29, 1.82) is 0 Å². The Bertz CT molecular complexity index is 290. The van der Waals surface area contributed by atoms with E-state index < -0.39 is 0 Å². The Hall–Kier alpha value is -0.830. The number of aromatic nitrogens is 2. The molecule has 0 saturated carbocycles. The Labute approximate surface area is 86.3 Å². The van der Waals surface area contributed by atoms with Crippen molar-refractivity contribution in [3.63, 3.8) is 0 Å². The molecule has 0 aliphatic rings. The molecule has 1 heterocycles. The number of nitrogens with zero attached hydrogens (tertiary/aromatic N) is 2. The molecule has 1 unspecified atom stereocenters. The molecule has 14 heavy (non-hydrogen) atoms. The van der Waals surface area contributed by atoms with E-state index in [0.717, 1.165) is 12.1 Å². The third-order valence-electron chi connectivity index (χ3n) is 3.21. The van der Waals surface area contributed by atoms with Gasteiger partial charge in [-0.15, -0.1) is 0 Å². The third-order valence-corrected chi connectivity index (χ3v) is 3.21. The van der Waals surface area contributed by atoms with Crippen molar-refractivity contribution < 1.29 is 0 Å². The smallest absolute Gasteiger partial charge is 0.0630 e. The molecule has 1 aromatic heterocycles. The number of hydrogen-bond donors (Lipinski definition) is 1. The summed E-state index contributed by atoms with van der Waals surface area (Å²) >= 11 is 0. The van der Waals surface area contributed by atoms with E-state index in [9.17, 15) is 0 Å². The number of rotatable bonds is 4. The maximum atomic E-state index is 5.83. The molecule has 3 heteroatoms. The van der Waals surface area contributed by atoms with Crippen LogP contribution in [0.15, 0.2) is 12.3 Å². The SMILES string of the molecule is CC(C)C(C)(CN)Cc1ccn(C)n1. The zero-order chi connectivity index (χ0) is 10.8. The molecule has 0 aliphatic carbocycles. The first-order valence-electron chi connectivity index (χ1n) is 5.16. The fourth-order valence-corrected chi connectivity index (χ4v) is 1.48. The van der Waals surface area contributed by atoms with Crippen LogP contribution < -0.4 is 5.73 Å². The van der Waals surface area contributed by atoms with Crippen molar-refractivity contribution in [3.8, 4) is 0 Å². The Morgan fingerprint density at radius 1 is 1.57 bits per heavy atom. The lowest BCUT2D eigenvalue weighted by Gasteiger charge is -2.31. The van der Waals surface area contributed by atoms with Gasteiger partial charge < -0.3 is 5.73 Å². The van der Waals surface area contributed by atoms with E-state index in [1.165, 1.54) is 0 Å². The molecular formula is C11H21N3. The van der Waals surface area contributed by atoms with Gasteiger partial charge in [0.05, 0.1) is 5.69 Å². The van der Waals surface area contributed by atoms with Gasteiger partial charge in [-0.3, -0.25) is 4.68 Å². The standard InChI is InChI=1S/C11H21N3/c1-9(2)11(3,8-12)7-10-5-6-14(4)13-10/h5-6,9H,7-8,12H2,1-4H3. The average molecular weight is 195 g/mol. The van der Waals surface area contributed by atoms with Gasteiger partial charge in [0.15, 0.2) is 0 Å². The van der Waals surface area contributed by atoms with Crippen LogP contribution >= 0.6 is 0 Å². The van der Waals surface area contributed by atoms with Gasteiger partial charge in [-0.05, 0) is 30.4 Å². The van der Waals surface area contributed by atoms with Crippen molar-refractivity contribution in [3.05, 3.63) is 18.0 Å². The molecular weight excluding hydrogens is 174 g/mol. The van der Waals surface area contributed by atoms with Gasteiger partial charge in [0.1, 0.15) is 0 Å². The van der Waals surface area contributed by atoms with Gasteiger partial charge in [0.25, 0.3) is 0 Å². The number of nitrogens with two attached hydrogens (primary N) is 1. The summed E-state index contributed by atoms with van der Waals surface area (Å²) < 4.78 is 1.84. The average Bonchev–Trinajstić information content (AvgIpc) is 2.50. The second-order valence-corrected chi connectivity index (χ2v) is 4.67. The minimum atomic E-state index is 0.161. The van der Waals surface area contributed by atoms with E-state index in [-0.39, 0.29) is 5.41 Å². The minimum absolute atomic E-state index is 0.161. The first-order valence-corrected chi connectivity index (χ1v) is 5.16. The van der Waals surface area contributed by atoms with Gasteiger partial charge in [-0.25, -0.2) is 0 Å². The van der Waals surface area contributed by atoms with Crippen molar-refractivity contribution in [2.75, 3.05) is 6.54 Å². The highest BCUT2D eigenvalue weighted by Crippen LogP contribution is 2.29. The van der Waals surface area contributed by atoms with E-state index >= 15 is 0 Å². The molecule has 1 rings (SSSR count). The van der Waals surface area contributed by atoms with Gasteiger partial charge >= 0.3 is 0 Å². The lowest BCUT2D eigenvalue weighted by molar-refractivity contribution is 0.225. The van der Waals surface area contributed by atoms with Crippen LogP contribution in [-0.4, -0.2) is 16.3 Å². The Kier molecular flexibility index (Phi) is 3.32. The predicted molar refractivity (Wildman–Crippen MR) is 58.9 cm³/mol. The summed E-state index contributed by atoms with van der Waals surface area (Å²) in [6.07, 6.45) is 2.94. The lowest BCUT2D eigenvalue weighted by atomic mass is 9.75. The van der Waals surface area contributed by atoms with Gasteiger partial charge in [0, 0.05) is 13.2 Å². The van der Waals surface area contributed by atoms with Crippen LogP contribution in [0.3, 0.4) is 0 Å². The quantitative estimate of drug-likeness (QED) is 0.792. The second-order valence-electron chi connectivity index (χ2n) is 4.67. The molecule has 1 atom stereocenters. The molecule has 2 N–H and O–H groups in total. The topological polar surface area (TPSA) is 43.8 Å². The summed E-state index contributed by atoms with van der Waals surface area (Å²) in [5, 5.41) is 4.39. The zero-order valence-electron chi connectivity index (χ0n) is 9.62. The van der Waals surface area contributed by atoms with Crippen LogP contribution in [0.4, 0.5) is 0 Å². The lowest BCUT2D eigenvalue weighted by Crippen LogP contribution is -2.34. The molecule has 80 valence electrons. The van der Waals surface area contributed by atoms with Gasteiger partial charge in [-0.1, -0.05) is 20.8 Å². The normalized spacial score (nSPS) is 15.9. The molecule has 0 saturated heterocycles. The highest BCUT2D eigenvalue weighted by molar-refractivity contribution is 5.03. The van der Waals surface area contributed by atoms with Crippen molar-refractivity contribution in [1.82, 2.24) is 9.78 Å². The maximum Gasteiger partial charge on any atom is 0.0630 e. The third kappa shape index (κ3) is 2.35. The molecule has 0 aliphatic heterocycles. The first kappa shape index (κ1) is 11.2. The van der Waals surface area contributed by atoms with E-state index in [0.29, 0.717) is 12.5 Å². The van der Waals surface area contributed by atoms with Crippen LogP contribution in [0.2, 0.25) is 0 Å². The van der Waals surface area contributed by atoms with Crippen LogP contribution in [0, 0.1) is 11.3 Å². The molecule has 0 amide bonds. The van der Waals surface area contributed by atoms with E-state index in [1.54, 1.807) is 0 Å². The first-order chi connectivity index (χ1) is 6.48. The van der Waals surface area contributed by atoms with E-state index in [2.05, 4.69) is 31.9 Å². The van der Waals surface area contributed by atoms with Crippen molar-refractivity contribution >= 4 is 0 Å². The number of hydrogen-bond acceptors (Lipinski definition) is 2. The van der Waals surface area contributed by atoms with Crippen LogP contribution in [0.25, 0.3) is 0 Å². The monoisotopic (exact) mass is 195 g/mol. The molecule has 3 nitrogen and oxygen atoms in total.